The third-order valence-electron chi connectivity index (χ3n) is 6.22. The summed E-state index contributed by atoms with van der Waals surface area (Å²) >= 11 is 0. The maximum Gasteiger partial charge on any atom is 0.0538 e. The molecule has 1 aromatic heterocycles. The van der Waals surface area contributed by atoms with Gasteiger partial charge in [0, 0.05) is 22.9 Å². The van der Waals surface area contributed by atoms with Crippen molar-refractivity contribution in [2.45, 2.75) is 12.8 Å². The van der Waals surface area contributed by atoms with E-state index in [4.69, 9.17) is 0 Å². The lowest BCUT2D eigenvalue weighted by Crippen LogP contribution is -1.96. The van der Waals surface area contributed by atoms with E-state index in [0.29, 0.717) is 5.92 Å². The summed E-state index contributed by atoms with van der Waals surface area (Å²) in [5.41, 5.74) is 9.24. The Morgan fingerprint density at radius 3 is 2.21 bits per heavy atom. The maximum absolute atomic E-state index is 2.48. The first-order valence-electron chi connectivity index (χ1n) is 10.2. The van der Waals surface area contributed by atoms with Gasteiger partial charge in [0.05, 0.1) is 5.69 Å². The Labute approximate surface area is 170 Å². The van der Waals surface area contributed by atoms with Crippen LogP contribution in [-0.4, -0.2) is 4.57 Å². The van der Waals surface area contributed by atoms with Crippen molar-refractivity contribution in [3.05, 3.63) is 114 Å². The second-order valence-corrected chi connectivity index (χ2v) is 7.87. The summed E-state index contributed by atoms with van der Waals surface area (Å²) in [5.74, 6) is 0.371. The van der Waals surface area contributed by atoms with Gasteiger partial charge in [0.1, 0.15) is 0 Å². The Balaban J connectivity index is 1.66. The predicted octanol–water partition coefficient (Wildman–Crippen LogP) is 7.43. The Morgan fingerprint density at radius 1 is 0.621 bits per heavy atom. The SMILES string of the molecule is CC1c2ccccc2-n2c(-c3ccc4ccccc4c3)cc(-c3ccccc3)c21. The van der Waals surface area contributed by atoms with Gasteiger partial charge in [-0.2, -0.15) is 0 Å². The Bertz CT molecular complexity index is 1360. The molecule has 1 atom stereocenters. The molecule has 29 heavy (non-hydrogen) atoms. The molecular weight excluding hydrogens is 350 g/mol. The monoisotopic (exact) mass is 371 g/mol. The minimum atomic E-state index is 0.371. The van der Waals surface area contributed by atoms with Crippen molar-refractivity contribution in [1.29, 1.82) is 0 Å². The number of hydrogen-bond donors (Lipinski definition) is 0. The summed E-state index contributed by atoms with van der Waals surface area (Å²) in [6.45, 7) is 2.33. The van der Waals surface area contributed by atoms with Crippen LogP contribution in [0.25, 0.3) is 38.8 Å². The molecule has 1 aliphatic rings. The Hall–Kier alpha value is -3.58. The first kappa shape index (κ1) is 16.4. The lowest BCUT2D eigenvalue weighted by Gasteiger charge is -2.10. The van der Waals surface area contributed by atoms with Gasteiger partial charge in [-0.3, -0.25) is 0 Å². The minimum absolute atomic E-state index is 0.371. The van der Waals surface area contributed by atoms with Gasteiger partial charge in [0.15, 0.2) is 0 Å². The van der Waals surface area contributed by atoms with E-state index in [1.165, 1.54) is 50.1 Å². The fourth-order valence-corrected chi connectivity index (χ4v) is 4.83. The van der Waals surface area contributed by atoms with Crippen molar-refractivity contribution in [3.63, 3.8) is 0 Å². The molecule has 1 nitrogen and oxygen atoms in total. The molecular formula is C28H21N. The maximum atomic E-state index is 2.48. The zero-order chi connectivity index (χ0) is 19.4. The first-order chi connectivity index (χ1) is 14.3. The number of fused-ring (bicyclic) bond motifs is 4. The lowest BCUT2D eigenvalue weighted by molar-refractivity contribution is 0.914. The quantitative estimate of drug-likeness (QED) is 0.304. The highest BCUT2D eigenvalue weighted by Crippen LogP contribution is 2.47. The molecule has 138 valence electrons. The highest BCUT2D eigenvalue weighted by molar-refractivity contribution is 5.89. The van der Waals surface area contributed by atoms with Crippen LogP contribution in [0.1, 0.15) is 24.1 Å². The molecule has 0 saturated carbocycles. The van der Waals surface area contributed by atoms with E-state index in [1.54, 1.807) is 0 Å². The summed E-state index contributed by atoms with van der Waals surface area (Å²) in [4.78, 5) is 0. The molecule has 1 aliphatic heterocycles. The summed E-state index contributed by atoms with van der Waals surface area (Å²) < 4.78 is 2.48. The van der Waals surface area contributed by atoms with Crippen LogP contribution in [0.15, 0.2) is 103 Å². The van der Waals surface area contributed by atoms with E-state index in [0.717, 1.165) is 0 Å². The highest BCUT2D eigenvalue weighted by atomic mass is 15.0. The average Bonchev–Trinajstić information content (AvgIpc) is 3.31. The smallest absolute Gasteiger partial charge is 0.0538 e. The molecule has 0 aliphatic carbocycles. The lowest BCUT2D eigenvalue weighted by atomic mass is 9.94. The summed E-state index contributed by atoms with van der Waals surface area (Å²) in [7, 11) is 0. The van der Waals surface area contributed by atoms with Gasteiger partial charge in [0.2, 0.25) is 0 Å². The van der Waals surface area contributed by atoms with Crippen LogP contribution in [0.4, 0.5) is 0 Å². The second-order valence-electron chi connectivity index (χ2n) is 7.87. The number of hydrogen-bond acceptors (Lipinski definition) is 0. The number of para-hydroxylation sites is 1. The van der Waals surface area contributed by atoms with Crippen molar-refractivity contribution < 1.29 is 0 Å². The van der Waals surface area contributed by atoms with Crippen molar-refractivity contribution >= 4 is 10.8 Å². The molecule has 0 amide bonds. The van der Waals surface area contributed by atoms with Gasteiger partial charge in [0.25, 0.3) is 0 Å². The summed E-state index contributed by atoms with van der Waals surface area (Å²) in [5, 5.41) is 2.56. The largest absolute Gasteiger partial charge is 0.312 e. The number of rotatable bonds is 2. The van der Waals surface area contributed by atoms with Crippen LogP contribution >= 0.6 is 0 Å². The summed E-state index contributed by atoms with van der Waals surface area (Å²) in [6, 6.07) is 37.4. The molecule has 2 heterocycles. The van der Waals surface area contributed by atoms with Crippen molar-refractivity contribution in [2.24, 2.45) is 0 Å². The molecule has 4 aromatic carbocycles. The Kier molecular flexibility index (Phi) is 3.51. The van der Waals surface area contributed by atoms with Gasteiger partial charge >= 0.3 is 0 Å². The molecule has 1 unspecified atom stereocenters. The number of aromatic nitrogens is 1. The van der Waals surface area contributed by atoms with Gasteiger partial charge in [-0.25, -0.2) is 0 Å². The molecule has 0 saturated heterocycles. The first-order valence-corrected chi connectivity index (χ1v) is 10.2. The molecule has 0 bridgehead atoms. The van der Waals surface area contributed by atoms with Crippen molar-refractivity contribution in [2.75, 3.05) is 0 Å². The van der Waals surface area contributed by atoms with Gasteiger partial charge in [-0.1, -0.05) is 91.9 Å². The summed E-state index contributed by atoms with van der Waals surface area (Å²) in [6.07, 6.45) is 0. The fourth-order valence-electron chi connectivity index (χ4n) is 4.83. The average molecular weight is 371 g/mol. The molecule has 6 rings (SSSR count). The molecule has 0 spiro atoms. The molecule has 0 radical (unpaired) electrons. The van der Waals surface area contributed by atoms with Crippen LogP contribution in [0.3, 0.4) is 0 Å². The van der Waals surface area contributed by atoms with E-state index in [9.17, 15) is 0 Å². The normalized spacial score (nSPS) is 14.7. The van der Waals surface area contributed by atoms with Crippen LogP contribution in [0, 0.1) is 0 Å². The Morgan fingerprint density at radius 2 is 1.34 bits per heavy atom. The standard InChI is InChI=1S/C28H21N/c1-19-24-13-7-8-14-26(24)29-27(18-25(28(19)29)21-10-3-2-4-11-21)23-16-15-20-9-5-6-12-22(20)17-23/h2-19H,1H3. The van der Waals surface area contributed by atoms with Crippen LogP contribution in [0.2, 0.25) is 0 Å². The van der Waals surface area contributed by atoms with E-state index in [2.05, 4.69) is 115 Å². The fraction of sp³-hybridized carbons (Fsp3) is 0.0714. The molecule has 5 aromatic rings. The van der Waals surface area contributed by atoms with Gasteiger partial charge < -0.3 is 4.57 Å². The van der Waals surface area contributed by atoms with Crippen LogP contribution < -0.4 is 0 Å². The third-order valence-corrected chi connectivity index (χ3v) is 6.22. The molecule has 1 heteroatoms. The topological polar surface area (TPSA) is 4.93 Å². The van der Waals surface area contributed by atoms with E-state index >= 15 is 0 Å². The third kappa shape index (κ3) is 2.41. The number of nitrogens with zero attached hydrogens (tertiary/aromatic N) is 1. The van der Waals surface area contributed by atoms with E-state index in [-0.39, 0.29) is 0 Å². The zero-order valence-electron chi connectivity index (χ0n) is 16.3. The molecule has 0 fully saturated rings. The van der Waals surface area contributed by atoms with Crippen LogP contribution in [-0.2, 0) is 0 Å². The van der Waals surface area contributed by atoms with Crippen molar-refractivity contribution in [1.82, 2.24) is 4.57 Å². The predicted molar refractivity (Wildman–Crippen MR) is 122 cm³/mol. The number of benzene rings is 4. The zero-order valence-corrected chi connectivity index (χ0v) is 16.3. The van der Waals surface area contributed by atoms with Gasteiger partial charge in [-0.15, -0.1) is 0 Å². The van der Waals surface area contributed by atoms with Gasteiger partial charge in [-0.05, 0) is 45.7 Å². The van der Waals surface area contributed by atoms with Crippen LogP contribution in [0.5, 0.6) is 0 Å². The van der Waals surface area contributed by atoms with E-state index in [1.807, 2.05) is 0 Å². The highest BCUT2D eigenvalue weighted by Gasteiger charge is 2.31. The minimum Gasteiger partial charge on any atom is -0.312 e. The second kappa shape index (κ2) is 6.22. The van der Waals surface area contributed by atoms with Crippen molar-refractivity contribution in [3.8, 4) is 28.1 Å². The van der Waals surface area contributed by atoms with E-state index < -0.39 is 0 Å². The molecule has 0 N–H and O–H groups in total.